The summed E-state index contributed by atoms with van der Waals surface area (Å²) in [5.74, 6) is -0.169. The molecule has 6 nitrogen and oxygen atoms in total. The molecule has 2 aromatic heterocycles. The molecule has 0 bridgehead atoms. The average molecular weight is 529 g/mol. The molecular weight excluding hydrogens is 500 g/mol. The van der Waals surface area contributed by atoms with Crippen molar-refractivity contribution in [3.05, 3.63) is 92.1 Å². The number of hydrazone groups is 1. The van der Waals surface area contributed by atoms with Crippen molar-refractivity contribution in [3.8, 4) is 5.69 Å². The van der Waals surface area contributed by atoms with Crippen LogP contribution in [-0.4, -0.2) is 27.4 Å². The molecule has 0 saturated heterocycles. The molecule has 1 N–H and O–H groups in total. The van der Waals surface area contributed by atoms with Gasteiger partial charge in [0.1, 0.15) is 4.83 Å². The minimum Gasteiger partial charge on any atom is -0.272 e. The van der Waals surface area contributed by atoms with Gasteiger partial charge in [0, 0.05) is 4.88 Å². The fraction of sp³-hybridized carbons (Fsp3) is 0.241. The van der Waals surface area contributed by atoms with E-state index in [1.807, 2.05) is 74.5 Å². The Labute approximate surface area is 224 Å². The Morgan fingerprint density at radius 1 is 1.14 bits per heavy atom. The molecule has 0 fully saturated rings. The summed E-state index contributed by atoms with van der Waals surface area (Å²) in [6, 6.07) is 17.8. The number of nitrogens with one attached hydrogen (secondary N) is 1. The van der Waals surface area contributed by atoms with Crippen LogP contribution in [0.2, 0.25) is 0 Å². The number of hydrogen-bond acceptors (Lipinski definition) is 6. The number of allylic oxidation sites excluding steroid dienone is 1. The zero-order valence-electron chi connectivity index (χ0n) is 20.9. The molecule has 1 aliphatic carbocycles. The van der Waals surface area contributed by atoms with Crippen LogP contribution >= 0.6 is 23.1 Å². The maximum Gasteiger partial charge on any atom is 0.267 e. The number of amides is 1. The van der Waals surface area contributed by atoms with Gasteiger partial charge in [0.25, 0.3) is 11.5 Å². The molecule has 1 amide bonds. The SMILES string of the molecule is CC(C=NNC(=O)CSc1nc2sc3c(c2c(=O)n1-c1ccc(C)cc1)CCCC3)=Cc1ccccc1. The van der Waals surface area contributed by atoms with E-state index in [0.29, 0.717) is 5.16 Å². The monoisotopic (exact) mass is 528 g/mol. The van der Waals surface area contributed by atoms with Gasteiger partial charge >= 0.3 is 0 Å². The summed E-state index contributed by atoms with van der Waals surface area (Å²) in [4.78, 5) is 33.3. The van der Waals surface area contributed by atoms with E-state index in [-0.39, 0.29) is 17.2 Å². The first kappa shape index (κ1) is 25.2. The molecule has 0 aliphatic heterocycles. The van der Waals surface area contributed by atoms with E-state index in [0.717, 1.165) is 63.9 Å². The van der Waals surface area contributed by atoms with Gasteiger partial charge < -0.3 is 0 Å². The highest BCUT2D eigenvalue weighted by Gasteiger charge is 2.23. The summed E-state index contributed by atoms with van der Waals surface area (Å²) in [6.07, 6.45) is 7.78. The second-order valence-corrected chi connectivity index (χ2v) is 11.2. The summed E-state index contributed by atoms with van der Waals surface area (Å²) in [6.45, 7) is 3.94. The number of carbonyl (C=O) groups is 1. The highest BCUT2D eigenvalue weighted by Crippen LogP contribution is 2.35. The first-order valence-electron chi connectivity index (χ1n) is 12.3. The molecule has 0 unspecified atom stereocenters. The smallest absolute Gasteiger partial charge is 0.267 e. The number of fused-ring (bicyclic) bond motifs is 3. The zero-order chi connectivity index (χ0) is 25.8. The predicted octanol–water partition coefficient (Wildman–Crippen LogP) is 5.93. The molecule has 0 spiro atoms. The maximum atomic E-state index is 13.8. The van der Waals surface area contributed by atoms with Crippen molar-refractivity contribution in [2.24, 2.45) is 5.10 Å². The number of aryl methyl sites for hydroxylation is 3. The molecule has 2 heterocycles. The van der Waals surface area contributed by atoms with Crippen molar-refractivity contribution in [2.45, 2.75) is 44.7 Å². The Hall–Kier alpha value is -3.49. The molecule has 0 saturated carbocycles. The van der Waals surface area contributed by atoms with Gasteiger partial charge in [-0.2, -0.15) is 5.10 Å². The molecule has 1 aliphatic rings. The lowest BCUT2D eigenvalue weighted by Crippen LogP contribution is -2.24. The van der Waals surface area contributed by atoms with E-state index in [1.54, 1.807) is 22.1 Å². The first-order valence-corrected chi connectivity index (χ1v) is 14.1. The van der Waals surface area contributed by atoms with E-state index in [1.165, 1.54) is 16.6 Å². The molecule has 0 atom stereocenters. The van der Waals surface area contributed by atoms with E-state index >= 15 is 0 Å². The van der Waals surface area contributed by atoms with Crippen LogP contribution in [0.3, 0.4) is 0 Å². The summed E-state index contributed by atoms with van der Waals surface area (Å²) >= 11 is 2.87. The molecular formula is C29H28N4O2S2. The van der Waals surface area contributed by atoms with Gasteiger partial charge in [0.05, 0.1) is 23.0 Å². The highest BCUT2D eigenvalue weighted by molar-refractivity contribution is 7.99. The standard InChI is InChI=1S/C29H28N4O2S2/c1-19-12-14-22(15-13-19)33-28(35)26-23-10-6-7-11-24(23)37-27(26)31-29(33)36-18-25(34)32-30-17-20(2)16-21-8-4-3-5-9-21/h3-5,8-9,12-17H,6-7,10-11,18H2,1-2H3,(H,32,34). The number of thiophene rings is 1. The third kappa shape index (κ3) is 5.76. The third-order valence-electron chi connectivity index (χ3n) is 6.23. The molecule has 0 radical (unpaired) electrons. The van der Waals surface area contributed by atoms with Crippen LogP contribution in [-0.2, 0) is 17.6 Å². The molecule has 188 valence electrons. The number of aromatic nitrogens is 2. The largest absolute Gasteiger partial charge is 0.272 e. The fourth-order valence-corrected chi connectivity index (χ4v) is 6.53. The van der Waals surface area contributed by atoms with Crippen molar-refractivity contribution in [1.82, 2.24) is 15.0 Å². The van der Waals surface area contributed by atoms with Gasteiger partial charge in [-0.1, -0.05) is 65.9 Å². The first-order chi connectivity index (χ1) is 18.0. The second-order valence-electron chi connectivity index (χ2n) is 9.14. The highest BCUT2D eigenvalue weighted by atomic mass is 32.2. The Morgan fingerprint density at radius 2 is 1.89 bits per heavy atom. The lowest BCUT2D eigenvalue weighted by Gasteiger charge is -2.13. The zero-order valence-corrected chi connectivity index (χ0v) is 22.5. The summed E-state index contributed by atoms with van der Waals surface area (Å²) in [5.41, 5.74) is 7.54. The van der Waals surface area contributed by atoms with E-state index in [4.69, 9.17) is 4.98 Å². The third-order valence-corrected chi connectivity index (χ3v) is 8.36. The van der Waals surface area contributed by atoms with E-state index in [2.05, 4.69) is 10.5 Å². The molecule has 2 aromatic carbocycles. The van der Waals surface area contributed by atoms with Crippen LogP contribution in [0.4, 0.5) is 0 Å². The van der Waals surface area contributed by atoms with Crippen LogP contribution in [0, 0.1) is 6.92 Å². The van der Waals surface area contributed by atoms with Crippen molar-refractivity contribution < 1.29 is 4.79 Å². The van der Waals surface area contributed by atoms with Crippen molar-refractivity contribution in [2.75, 3.05) is 5.75 Å². The summed E-state index contributed by atoms with van der Waals surface area (Å²) < 4.78 is 1.65. The maximum absolute atomic E-state index is 13.8. The van der Waals surface area contributed by atoms with E-state index < -0.39 is 0 Å². The second kappa shape index (κ2) is 11.3. The van der Waals surface area contributed by atoms with Crippen molar-refractivity contribution in [3.63, 3.8) is 0 Å². The van der Waals surface area contributed by atoms with Gasteiger partial charge in [0.2, 0.25) is 0 Å². The summed E-state index contributed by atoms with van der Waals surface area (Å²) in [7, 11) is 0. The lowest BCUT2D eigenvalue weighted by molar-refractivity contribution is -0.118. The number of hydrogen-bond donors (Lipinski definition) is 1. The molecule has 4 aromatic rings. The number of thioether (sulfide) groups is 1. The lowest BCUT2D eigenvalue weighted by atomic mass is 9.97. The minimum atomic E-state index is -0.260. The van der Waals surface area contributed by atoms with Crippen LogP contribution in [0.15, 0.2) is 75.2 Å². The van der Waals surface area contributed by atoms with Gasteiger partial charge in [-0.25, -0.2) is 10.4 Å². The predicted molar refractivity (Wildman–Crippen MR) is 154 cm³/mol. The van der Waals surface area contributed by atoms with Crippen LogP contribution in [0.5, 0.6) is 0 Å². The number of benzene rings is 2. The van der Waals surface area contributed by atoms with Crippen molar-refractivity contribution in [1.29, 1.82) is 0 Å². The van der Waals surface area contributed by atoms with E-state index in [9.17, 15) is 9.59 Å². The van der Waals surface area contributed by atoms with Gasteiger partial charge in [-0.05, 0) is 68.4 Å². The summed E-state index contributed by atoms with van der Waals surface area (Å²) in [5, 5.41) is 5.34. The Morgan fingerprint density at radius 3 is 2.68 bits per heavy atom. The fourth-order valence-electron chi connectivity index (χ4n) is 4.42. The Balaban J connectivity index is 1.38. The molecule has 5 rings (SSSR count). The number of rotatable bonds is 7. The minimum absolute atomic E-state index is 0.0594. The van der Waals surface area contributed by atoms with Crippen LogP contribution in [0.25, 0.3) is 22.0 Å². The Bertz CT molecular complexity index is 1550. The normalized spacial score (nSPS) is 13.7. The topological polar surface area (TPSA) is 76.3 Å². The Kier molecular flexibility index (Phi) is 7.67. The van der Waals surface area contributed by atoms with Crippen LogP contribution < -0.4 is 11.0 Å². The quantitative estimate of drug-likeness (QED) is 0.140. The number of carbonyl (C=O) groups excluding carboxylic acids is 1. The van der Waals surface area contributed by atoms with Crippen LogP contribution in [0.1, 0.15) is 41.3 Å². The number of nitrogens with zero attached hydrogens (tertiary/aromatic N) is 3. The van der Waals surface area contributed by atoms with Crippen molar-refractivity contribution >= 4 is 51.5 Å². The van der Waals surface area contributed by atoms with Gasteiger partial charge in [0.15, 0.2) is 5.16 Å². The van der Waals surface area contributed by atoms with Gasteiger partial charge in [-0.3, -0.25) is 14.2 Å². The average Bonchev–Trinajstić information content (AvgIpc) is 3.27. The van der Waals surface area contributed by atoms with Gasteiger partial charge in [-0.15, -0.1) is 11.3 Å². The molecule has 8 heteroatoms. The molecule has 37 heavy (non-hydrogen) atoms.